The van der Waals surface area contributed by atoms with E-state index in [1.165, 1.54) is 11.3 Å². The van der Waals surface area contributed by atoms with Gasteiger partial charge in [-0.15, -0.1) is 0 Å². The van der Waals surface area contributed by atoms with Crippen molar-refractivity contribution in [2.75, 3.05) is 50.7 Å². The normalized spacial score (nSPS) is 17.5. The zero-order valence-electron chi connectivity index (χ0n) is 25.9. The third-order valence-electron chi connectivity index (χ3n) is 7.85. The van der Waals surface area contributed by atoms with E-state index < -0.39 is 11.3 Å². The van der Waals surface area contributed by atoms with Crippen molar-refractivity contribution in [1.82, 2.24) is 19.4 Å². The van der Waals surface area contributed by atoms with E-state index in [4.69, 9.17) is 10.5 Å². The Morgan fingerprint density at radius 2 is 1.67 bits per heavy atom. The molecule has 1 amide bonds. The van der Waals surface area contributed by atoms with Crippen LogP contribution in [0.1, 0.15) is 58.6 Å². The number of piperazine rings is 1. The minimum Gasteiger partial charge on any atom is -0.444 e. The molecule has 0 bridgehead atoms. The molecule has 8 nitrogen and oxygen atoms in total. The number of aromatic nitrogens is 2. The second kappa shape index (κ2) is 13.2. The fourth-order valence-electron chi connectivity index (χ4n) is 5.62. The number of benzene rings is 1. The van der Waals surface area contributed by atoms with Gasteiger partial charge in [-0.25, -0.2) is 14.2 Å². The molecular formula is C33H47FN6O2. The predicted molar refractivity (Wildman–Crippen MR) is 169 cm³/mol. The molecule has 9 heteroatoms. The van der Waals surface area contributed by atoms with Gasteiger partial charge in [0.2, 0.25) is 0 Å². The molecule has 0 atom stereocenters. The lowest BCUT2D eigenvalue weighted by molar-refractivity contribution is -0.00637. The number of nitrogens with two attached hydrogens (primary N) is 1. The van der Waals surface area contributed by atoms with E-state index in [0.717, 1.165) is 49.3 Å². The Kier molecular flexibility index (Phi) is 9.82. The molecule has 0 saturated carbocycles. The summed E-state index contributed by atoms with van der Waals surface area (Å²) >= 11 is 0. The highest BCUT2D eigenvalue weighted by molar-refractivity contribution is 5.90. The van der Waals surface area contributed by atoms with Crippen LogP contribution in [-0.2, 0) is 11.3 Å². The quantitative estimate of drug-likeness (QED) is 0.392. The number of hydrogen-bond donors (Lipinski definition) is 1. The number of likely N-dealkylation sites (tertiary alicyclic amines) is 1. The Bertz CT molecular complexity index is 1350. The number of ether oxygens (including phenoxy) is 1. The highest BCUT2D eigenvalue weighted by Crippen LogP contribution is 2.31. The maximum absolute atomic E-state index is 15.7. The van der Waals surface area contributed by atoms with Gasteiger partial charge in [-0.05, 0) is 44.0 Å². The SMILES string of the molecule is C=C(N)c1ccc(Cn2ccc3c(N4CCN(CC5(F)CCN(C(=O)OC(C)(C)C)CC5)CC4)ccnc32)cc1.CC. The van der Waals surface area contributed by atoms with Crippen molar-refractivity contribution in [1.29, 1.82) is 0 Å². The number of carbonyl (C=O) groups is 1. The first-order chi connectivity index (χ1) is 20.0. The van der Waals surface area contributed by atoms with Crippen LogP contribution < -0.4 is 10.6 Å². The summed E-state index contributed by atoms with van der Waals surface area (Å²) in [6.07, 6.45) is 4.29. The molecule has 5 rings (SSSR count). The average molecular weight is 579 g/mol. The third kappa shape index (κ3) is 7.62. The molecule has 0 aliphatic carbocycles. The Morgan fingerprint density at radius 3 is 2.26 bits per heavy atom. The number of hydrogen-bond acceptors (Lipinski definition) is 6. The van der Waals surface area contributed by atoms with Crippen LogP contribution >= 0.6 is 0 Å². The van der Waals surface area contributed by atoms with Crippen molar-refractivity contribution in [2.24, 2.45) is 5.73 Å². The van der Waals surface area contributed by atoms with Gasteiger partial charge in [0.25, 0.3) is 0 Å². The zero-order chi connectivity index (χ0) is 30.5. The summed E-state index contributed by atoms with van der Waals surface area (Å²) in [5.41, 5.74) is 8.76. The van der Waals surface area contributed by atoms with Crippen molar-refractivity contribution in [2.45, 2.75) is 65.3 Å². The molecule has 2 saturated heterocycles. The minimum absolute atomic E-state index is 0.342. The van der Waals surface area contributed by atoms with Crippen LogP contribution in [-0.4, -0.2) is 82.5 Å². The molecule has 0 spiro atoms. The van der Waals surface area contributed by atoms with Gasteiger partial charge in [-0.1, -0.05) is 44.7 Å². The van der Waals surface area contributed by atoms with E-state index in [-0.39, 0.29) is 6.09 Å². The number of anilines is 1. The lowest BCUT2D eigenvalue weighted by Gasteiger charge is -2.42. The molecule has 2 fully saturated rings. The number of pyridine rings is 1. The van der Waals surface area contributed by atoms with Crippen LogP contribution in [0, 0.1) is 0 Å². The number of carbonyl (C=O) groups excluding carboxylic acids is 1. The number of amides is 1. The second-order valence-corrected chi connectivity index (χ2v) is 12.1. The van der Waals surface area contributed by atoms with E-state index in [2.05, 4.69) is 56.4 Å². The monoisotopic (exact) mass is 578 g/mol. The summed E-state index contributed by atoms with van der Waals surface area (Å²) in [6.45, 7) is 18.5. The van der Waals surface area contributed by atoms with Crippen molar-refractivity contribution in [3.8, 4) is 0 Å². The first-order valence-electron chi connectivity index (χ1n) is 15.1. The third-order valence-corrected chi connectivity index (χ3v) is 7.85. The van der Waals surface area contributed by atoms with Crippen molar-refractivity contribution in [3.05, 3.63) is 66.5 Å². The van der Waals surface area contributed by atoms with E-state index in [9.17, 15) is 4.79 Å². The number of halogens is 1. The number of nitrogens with zero attached hydrogens (tertiary/aromatic N) is 5. The second-order valence-electron chi connectivity index (χ2n) is 12.1. The van der Waals surface area contributed by atoms with Gasteiger partial charge in [0.15, 0.2) is 0 Å². The fourth-order valence-corrected chi connectivity index (χ4v) is 5.62. The van der Waals surface area contributed by atoms with Gasteiger partial charge in [-0.2, -0.15) is 0 Å². The highest BCUT2D eigenvalue weighted by atomic mass is 19.1. The molecule has 2 N–H and O–H groups in total. The summed E-state index contributed by atoms with van der Waals surface area (Å²) in [7, 11) is 0. The molecule has 2 aromatic heterocycles. The van der Waals surface area contributed by atoms with Crippen molar-refractivity contribution < 1.29 is 13.9 Å². The van der Waals surface area contributed by atoms with Gasteiger partial charge < -0.3 is 24.8 Å². The first-order valence-corrected chi connectivity index (χ1v) is 15.1. The maximum Gasteiger partial charge on any atom is 0.410 e. The van der Waals surface area contributed by atoms with Crippen LogP contribution in [0.15, 0.2) is 55.4 Å². The van der Waals surface area contributed by atoms with Gasteiger partial charge in [0.1, 0.15) is 16.9 Å². The van der Waals surface area contributed by atoms with E-state index in [1.807, 2.05) is 52.9 Å². The molecule has 0 unspecified atom stereocenters. The van der Waals surface area contributed by atoms with E-state index in [0.29, 0.717) is 38.2 Å². The van der Waals surface area contributed by atoms with Crippen LogP contribution in [0.4, 0.5) is 14.9 Å². The number of piperidine rings is 1. The summed E-state index contributed by atoms with van der Waals surface area (Å²) in [4.78, 5) is 23.3. The fraction of sp³-hybridized carbons (Fsp3) is 0.515. The standard InChI is InChI=1S/C31H41FN6O2.C2H6/c1-23(33)25-7-5-24(6-8-25)21-38-14-10-26-27(9-13-34-28(26)38)36-19-17-35(18-20-36)22-31(32)11-15-37(16-12-31)29(39)40-30(2,3)4;1-2/h5-10,13-14H,1,11-12,15-22,33H2,2-4H3;1-2H3. The molecular weight excluding hydrogens is 531 g/mol. The summed E-state index contributed by atoms with van der Waals surface area (Å²) in [5.74, 6) is 0. The molecule has 228 valence electrons. The zero-order valence-corrected chi connectivity index (χ0v) is 25.9. The number of alkyl halides is 1. The predicted octanol–water partition coefficient (Wildman–Crippen LogP) is 5.90. The van der Waals surface area contributed by atoms with Gasteiger partial charge in [0.05, 0.1) is 0 Å². The van der Waals surface area contributed by atoms with Crippen LogP contribution in [0.3, 0.4) is 0 Å². The van der Waals surface area contributed by atoms with Crippen LogP contribution in [0.5, 0.6) is 0 Å². The highest BCUT2D eigenvalue weighted by Gasteiger charge is 2.39. The number of fused-ring (bicyclic) bond motifs is 1. The summed E-state index contributed by atoms with van der Waals surface area (Å²) < 4.78 is 23.4. The Morgan fingerprint density at radius 1 is 1.02 bits per heavy atom. The van der Waals surface area contributed by atoms with E-state index in [1.54, 1.807) is 4.90 Å². The lowest BCUT2D eigenvalue weighted by Crippen LogP contribution is -2.54. The Hall–Kier alpha value is -3.59. The smallest absolute Gasteiger partial charge is 0.410 e. The Labute approximate surface area is 249 Å². The Balaban J connectivity index is 0.00000198. The molecule has 2 aliphatic heterocycles. The van der Waals surface area contributed by atoms with Crippen molar-refractivity contribution in [3.63, 3.8) is 0 Å². The van der Waals surface area contributed by atoms with Crippen molar-refractivity contribution >= 4 is 28.5 Å². The molecule has 1 aromatic carbocycles. The molecule has 42 heavy (non-hydrogen) atoms. The van der Waals surface area contributed by atoms with Gasteiger partial charge in [-0.3, -0.25) is 4.90 Å². The van der Waals surface area contributed by atoms with Gasteiger partial charge in [0, 0.05) is 94.4 Å². The average Bonchev–Trinajstić information content (AvgIpc) is 3.37. The molecule has 2 aliphatic rings. The first kappa shape index (κ1) is 31.3. The lowest BCUT2D eigenvalue weighted by atomic mass is 9.92. The molecule has 0 radical (unpaired) electrons. The largest absolute Gasteiger partial charge is 0.444 e. The molecule has 4 heterocycles. The number of rotatable bonds is 6. The summed E-state index contributed by atoms with van der Waals surface area (Å²) in [5, 5.41) is 1.12. The molecule has 3 aromatic rings. The minimum atomic E-state index is -1.28. The van der Waals surface area contributed by atoms with Crippen LogP contribution in [0.25, 0.3) is 16.7 Å². The van der Waals surface area contributed by atoms with E-state index >= 15 is 4.39 Å². The maximum atomic E-state index is 15.7. The summed E-state index contributed by atoms with van der Waals surface area (Å²) in [6, 6.07) is 12.3. The topological polar surface area (TPSA) is 79.9 Å². The van der Waals surface area contributed by atoms with Crippen LogP contribution in [0.2, 0.25) is 0 Å². The van der Waals surface area contributed by atoms with Gasteiger partial charge >= 0.3 is 6.09 Å².